The third kappa shape index (κ3) is 1.41. The number of nitrogen functional groups attached to an aromatic ring is 1. The molecule has 3 heteroatoms. The van der Waals surface area contributed by atoms with Gasteiger partial charge < -0.3 is 5.73 Å². The standard InChI is InChI=1S/C11H19N3/c1-7(2)9-4-10(5-9)14-11(12)8(3)6-13-14/h6-7,9-10H,4-5,12H2,1-3H3. The second-order valence-corrected chi connectivity index (χ2v) is 4.79. The van der Waals surface area contributed by atoms with Crippen LogP contribution < -0.4 is 5.73 Å². The lowest BCUT2D eigenvalue weighted by molar-refractivity contribution is 0.139. The van der Waals surface area contributed by atoms with Crippen LogP contribution in [0.15, 0.2) is 6.20 Å². The fourth-order valence-electron chi connectivity index (χ4n) is 2.12. The van der Waals surface area contributed by atoms with Crippen LogP contribution in [0.1, 0.15) is 38.3 Å². The van der Waals surface area contributed by atoms with Crippen molar-refractivity contribution in [1.82, 2.24) is 9.78 Å². The Kier molecular flexibility index (Phi) is 2.25. The van der Waals surface area contributed by atoms with Gasteiger partial charge in [-0.3, -0.25) is 0 Å². The van der Waals surface area contributed by atoms with Gasteiger partial charge in [-0.05, 0) is 31.6 Å². The van der Waals surface area contributed by atoms with Gasteiger partial charge in [-0.1, -0.05) is 13.8 Å². The molecule has 0 aromatic carbocycles. The maximum absolute atomic E-state index is 5.93. The van der Waals surface area contributed by atoms with E-state index in [1.54, 1.807) is 0 Å². The van der Waals surface area contributed by atoms with E-state index in [9.17, 15) is 0 Å². The zero-order valence-electron chi connectivity index (χ0n) is 9.20. The Morgan fingerprint density at radius 3 is 2.57 bits per heavy atom. The molecule has 2 N–H and O–H groups in total. The predicted molar refractivity (Wildman–Crippen MR) is 58.0 cm³/mol. The quantitative estimate of drug-likeness (QED) is 0.783. The molecule has 0 bridgehead atoms. The van der Waals surface area contributed by atoms with Crippen LogP contribution in [0.3, 0.4) is 0 Å². The SMILES string of the molecule is Cc1cnn(C2CC(C(C)C)C2)c1N. The molecule has 0 saturated heterocycles. The van der Waals surface area contributed by atoms with Crippen molar-refractivity contribution in [1.29, 1.82) is 0 Å². The normalized spacial score (nSPS) is 26.6. The topological polar surface area (TPSA) is 43.8 Å². The molecule has 0 atom stereocenters. The molecule has 0 radical (unpaired) electrons. The number of aryl methyl sites for hydroxylation is 1. The van der Waals surface area contributed by atoms with E-state index in [-0.39, 0.29) is 0 Å². The smallest absolute Gasteiger partial charge is 0.124 e. The molecule has 0 aliphatic heterocycles. The van der Waals surface area contributed by atoms with Crippen LogP contribution in [0.5, 0.6) is 0 Å². The molecule has 1 aromatic rings. The molecule has 1 fully saturated rings. The molecule has 14 heavy (non-hydrogen) atoms. The predicted octanol–water partition coefficient (Wildman–Crippen LogP) is 2.38. The van der Waals surface area contributed by atoms with Crippen LogP contribution in [0.25, 0.3) is 0 Å². The summed E-state index contributed by atoms with van der Waals surface area (Å²) in [6.45, 7) is 6.59. The Balaban J connectivity index is 2.03. The molecule has 1 heterocycles. The molecule has 0 amide bonds. The highest BCUT2D eigenvalue weighted by molar-refractivity contribution is 5.37. The summed E-state index contributed by atoms with van der Waals surface area (Å²) in [6.07, 6.45) is 4.34. The van der Waals surface area contributed by atoms with E-state index < -0.39 is 0 Å². The minimum Gasteiger partial charge on any atom is -0.384 e. The fourth-order valence-corrected chi connectivity index (χ4v) is 2.12. The number of nitrogens with two attached hydrogens (primary N) is 1. The zero-order valence-corrected chi connectivity index (χ0v) is 9.20. The Hall–Kier alpha value is -0.990. The summed E-state index contributed by atoms with van der Waals surface area (Å²) in [5.74, 6) is 2.50. The highest BCUT2D eigenvalue weighted by Crippen LogP contribution is 2.42. The lowest BCUT2D eigenvalue weighted by Gasteiger charge is -2.38. The van der Waals surface area contributed by atoms with Crippen molar-refractivity contribution in [3.63, 3.8) is 0 Å². The summed E-state index contributed by atoms with van der Waals surface area (Å²) in [6, 6.07) is 0.552. The molecule has 3 nitrogen and oxygen atoms in total. The molecular weight excluding hydrogens is 174 g/mol. The van der Waals surface area contributed by atoms with Gasteiger partial charge in [-0.15, -0.1) is 0 Å². The van der Waals surface area contributed by atoms with Crippen LogP contribution in [-0.2, 0) is 0 Å². The van der Waals surface area contributed by atoms with Crippen molar-refractivity contribution in [3.8, 4) is 0 Å². The summed E-state index contributed by atoms with van der Waals surface area (Å²) in [5.41, 5.74) is 7.03. The second-order valence-electron chi connectivity index (χ2n) is 4.79. The third-order valence-electron chi connectivity index (χ3n) is 3.46. The van der Waals surface area contributed by atoms with Crippen molar-refractivity contribution in [2.45, 2.75) is 39.7 Å². The van der Waals surface area contributed by atoms with Gasteiger partial charge in [-0.25, -0.2) is 4.68 Å². The van der Waals surface area contributed by atoms with Gasteiger partial charge in [0.15, 0.2) is 0 Å². The Morgan fingerprint density at radius 1 is 1.50 bits per heavy atom. The lowest BCUT2D eigenvalue weighted by atomic mass is 9.74. The van der Waals surface area contributed by atoms with Gasteiger partial charge in [0.25, 0.3) is 0 Å². The van der Waals surface area contributed by atoms with Gasteiger partial charge in [0.05, 0.1) is 12.2 Å². The van der Waals surface area contributed by atoms with Crippen molar-refractivity contribution < 1.29 is 0 Å². The van der Waals surface area contributed by atoms with Crippen LogP contribution in [-0.4, -0.2) is 9.78 Å². The fraction of sp³-hybridized carbons (Fsp3) is 0.727. The number of hydrogen-bond acceptors (Lipinski definition) is 2. The van der Waals surface area contributed by atoms with Crippen molar-refractivity contribution >= 4 is 5.82 Å². The van der Waals surface area contributed by atoms with Crippen LogP contribution in [0, 0.1) is 18.8 Å². The molecule has 1 aliphatic carbocycles. The number of hydrogen-bond donors (Lipinski definition) is 1. The molecule has 2 rings (SSSR count). The van der Waals surface area contributed by atoms with Gasteiger partial charge in [0, 0.05) is 5.56 Å². The Morgan fingerprint density at radius 2 is 2.14 bits per heavy atom. The van der Waals surface area contributed by atoms with Crippen LogP contribution >= 0.6 is 0 Å². The summed E-state index contributed by atoms with van der Waals surface area (Å²) < 4.78 is 1.99. The van der Waals surface area contributed by atoms with E-state index in [4.69, 9.17) is 5.73 Å². The van der Waals surface area contributed by atoms with Crippen molar-refractivity contribution in [2.75, 3.05) is 5.73 Å². The second kappa shape index (κ2) is 3.30. The summed E-state index contributed by atoms with van der Waals surface area (Å²) in [5, 5.41) is 4.32. The maximum atomic E-state index is 5.93. The van der Waals surface area contributed by atoms with Gasteiger partial charge in [-0.2, -0.15) is 5.10 Å². The molecular formula is C11H19N3. The molecule has 0 unspecified atom stereocenters. The monoisotopic (exact) mass is 193 g/mol. The highest BCUT2D eigenvalue weighted by atomic mass is 15.3. The first kappa shape index (κ1) is 9.56. The van der Waals surface area contributed by atoms with E-state index in [1.165, 1.54) is 12.8 Å². The first-order valence-corrected chi connectivity index (χ1v) is 5.39. The minimum absolute atomic E-state index is 0.552. The van der Waals surface area contributed by atoms with Crippen LogP contribution in [0.2, 0.25) is 0 Å². The minimum atomic E-state index is 0.552. The van der Waals surface area contributed by atoms with Crippen molar-refractivity contribution in [2.24, 2.45) is 11.8 Å². The third-order valence-corrected chi connectivity index (χ3v) is 3.46. The first-order chi connectivity index (χ1) is 6.59. The first-order valence-electron chi connectivity index (χ1n) is 5.39. The van der Waals surface area contributed by atoms with Gasteiger partial charge in [0.2, 0.25) is 0 Å². The highest BCUT2D eigenvalue weighted by Gasteiger charge is 2.33. The Bertz CT molecular complexity index is 321. The molecule has 1 saturated carbocycles. The van der Waals surface area contributed by atoms with E-state index in [0.29, 0.717) is 6.04 Å². The van der Waals surface area contributed by atoms with E-state index in [2.05, 4.69) is 18.9 Å². The molecule has 0 spiro atoms. The summed E-state index contributed by atoms with van der Waals surface area (Å²) >= 11 is 0. The summed E-state index contributed by atoms with van der Waals surface area (Å²) in [4.78, 5) is 0. The van der Waals surface area contributed by atoms with Gasteiger partial charge in [0.1, 0.15) is 5.82 Å². The zero-order chi connectivity index (χ0) is 10.3. The van der Waals surface area contributed by atoms with Crippen molar-refractivity contribution in [3.05, 3.63) is 11.8 Å². The number of nitrogens with zero attached hydrogens (tertiary/aromatic N) is 2. The molecule has 1 aliphatic rings. The molecule has 1 aromatic heterocycles. The van der Waals surface area contributed by atoms with E-state index in [0.717, 1.165) is 23.2 Å². The number of rotatable bonds is 2. The summed E-state index contributed by atoms with van der Waals surface area (Å²) in [7, 11) is 0. The largest absolute Gasteiger partial charge is 0.384 e. The average molecular weight is 193 g/mol. The molecule has 78 valence electrons. The number of anilines is 1. The van der Waals surface area contributed by atoms with Crippen LogP contribution in [0.4, 0.5) is 5.82 Å². The van der Waals surface area contributed by atoms with E-state index >= 15 is 0 Å². The van der Waals surface area contributed by atoms with E-state index in [1.807, 2.05) is 17.8 Å². The Labute approximate surface area is 85.3 Å². The number of aromatic nitrogens is 2. The maximum Gasteiger partial charge on any atom is 0.124 e. The van der Waals surface area contributed by atoms with Gasteiger partial charge >= 0.3 is 0 Å². The average Bonchev–Trinajstić information content (AvgIpc) is 2.32. The lowest BCUT2D eigenvalue weighted by Crippen LogP contribution is -2.31.